The number of piperazine rings is 1. The zero-order valence-electron chi connectivity index (χ0n) is 18.2. The lowest BCUT2D eigenvalue weighted by molar-refractivity contribution is 0.0910. The van der Waals surface area contributed by atoms with Gasteiger partial charge >= 0.3 is 0 Å². The Bertz CT molecular complexity index is 1020. The molecule has 3 aromatic rings. The Morgan fingerprint density at radius 2 is 1.55 bits per heavy atom. The first-order valence-corrected chi connectivity index (χ1v) is 11.3. The largest absolute Gasteiger partial charge is 0.369 e. The van der Waals surface area contributed by atoms with Crippen LogP contribution in [0.5, 0.6) is 0 Å². The van der Waals surface area contributed by atoms with Crippen molar-refractivity contribution in [3.8, 4) is 0 Å². The summed E-state index contributed by atoms with van der Waals surface area (Å²) in [5.41, 5.74) is 5.57. The van der Waals surface area contributed by atoms with Crippen molar-refractivity contribution in [3.63, 3.8) is 0 Å². The first-order valence-electron chi connectivity index (χ1n) is 10.9. The maximum Gasteiger partial charge on any atom is 0.164 e. The molecule has 1 aliphatic heterocycles. The number of aryl methyl sites for hydroxylation is 2. The van der Waals surface area contributed by atoms with Crippen LogP contribution in [0.25, 0.3) is 0 Å². The minimum atomic E-state index is 0.0456. The molecule has 1 fully saturated rings. The molecular formula is C27H29ClN2O. The second kappa shape index (κ2) is 9.67. The highest BCUT2D eigenvalue weighted by molar-refractivity contribution is 6.30. The van der Waals surface area contributed by atoms with Crippen molar-refractivity contribution < 1.29 is 4.79 Å². The van der Waals surface area contributed by atoms with Gasteiger partial charge in [0.2, 0.25) is 0 Å². The predicted octanol–water partition coefficient (Wildman–Crippen LogP) is 6.09. The molecule has 0 aromatic heterocycles. The van der Waals surface area contributed by atoms with E-state index in [4.69, 9.17) is 11.6 Å². The maximum atomic E-state index is 13.2. The second-order valence-corrected chi connectivity index (χ2v) is 8.79. The molecule has 0 spiro atoms. The Labute approximate surface area is 190 Å². The smallest absolute Gasteiger partial charge is 0.164 e. The van der Waals surface area contributed by atoms with Gasteiger partial charge in [-0.25, -0.2) is 0 Å². The molecule has 1 saturated heterocycles. The van der Waals surface area contributed by atoms with Crippen LogP contribution in [0.2, 0.25) is 5.02 Å². The molecule has 3 aromatic carbocycles. The number of hydrogen-bond donors (Lipinski definition) is 0. The summed E-state index contributed by atoms with van der Waals surface area (Å²) in [5, 5.41) is 0.719. The lowest BCUT2D eigenvalue weighted by atomic mass is 9.94. The Morgan fingerprint density at radius 1 is 0.871 bits per heavy atom. The molecular weight excluding hydrogens is 404 g/mol. The van der Waals surface area contributed by atoms with Crippen LogP contribution in [0.1, 0.15) is 39.5 Å². The van der Waals surface area contributed by atoms with Crippen molar-refractivity contribution >= 4 is 23.1 Å². The van der Waals surface area contributed by atoms with Crippen molar-refractivity contribution in [2.45, 2.75) is 26.3 Å². The second-order valence-electron chi connectivity index (χ2n) is 8.35. The Balaban J connectivity index is 1.53. The SMILES string of the molecule is Cc1ccc(C(=O)CC(c2ccc(Cl)cc2)N2CCN(c3ccccc3)CC2)cc1C. The van der Waals surface area contributed by atoms with Gasteiger partial charge < -0.3 is 4.90 Å². The predicted molar refractivity (Wildman–Crippen MR) is 129 cm³/mol. The van der Waals surface area contributed by atoms with E-state index in [1.165, 1.54) is 11.3 Å². The Morgan fingerprint density at radius 3 is 2.19 bits per heavy atom. The third-order valence-electron chi connectivity index (χ3n) is 6.34. The third kappa shape index (κ3) is 5.17. The van der Waals surface area contributed by atoms with Crippen LogP contribution in [0, 0.1) is 13.8 Å². The molecule has 0 saturated carbocycles. The van der Waals surface area contributed by atoms with E-state index in [0.29, 0.717) is 6.42 Å². The zero-order valence-corrected chi connectivity index (χ0v) is 19.0. The third-order valence-corrected chi connectivity index (χ3v) is 6.59. The van der Waals surface area contributed by atoms with Gasteiger partial charge in [0.25, 0.3) is 0 Å². The van der Waals surface area contributed by atoms with Crippen LogP contribution < -0.4 is 4.90 Å². The normalized spacial score (nSPS) is 15.6. The molecule has 0 amide bonds. The highest BCUT2D eigenvalue weighted by Gasteiger charge is 2.27. The molecule has 1 heterocycles. The number of rotatable bonds is 6. The van der Waals surface area contributed by atoms with E-state index < -0.39 is 0 Å². The lowest BCUT2D eigenvalue weighted by Crippen LogP contribution is -2.48. The Kier molecular flexibility index (Phi) is 6.74. The van der Waals surface area contributed by atoms with Gasteiger partial charge in [-0.2, -0.15) is 0 Å². The first-order chi connectivity index (χ1) is 15.0. The first kappa shape index (κ1) is 21.6. The molecule has 0 N–H and O–H groups in total. The van der Waals surface area contributed by atoms with Gasteiger partial charge in [-0.1, -0.05) is 54.1 Å². The molecule has 4 rings (SSSR count). The average molecular weight is 433 g/mol. The van der Waals surface area contributed by atoms with Crippen LogP contribution in [0.15, 0.2) is 72.8 Å². The van der Waals surface area contributed by atoms with E-state index in [9.17, 15) is 4.79 Å². The summed E-state index contributed by atoms with van der Waals surface area (Å²) in [6, 6.07) is 24.6. The number of benzene rings is 3. The maximum absolute atomic E-state index is 13.2. The molecule has 1 unspecified atom stereocenters. The number of carbonyl (C=O) groups is 1. The van der Waals surface area contributed by atoms with Crippen molar-refractivity contribution in [2.24, 2.45) is 0 Å². The number of nitrogens with zero attached hydrogens (tertiary/aromatic N) is 2. The molecule has 0 bridgehead atoms. The fourth-order valence-corrected chi connectivity index (χ4v) is 4.41. The molecule has 3 nitrogen and oxygen atoms in total. The number of carbonyl (C=O) groups excluding carboxylic acids is 1. The van der Waals surface area contributed by atoms with Gasteiger partial charge in [-0.05, 0) is 60.9 Å². The fraction of sp³-hybridized carbons (Fsp3) is 0.296. The van der Waals surface area contributed by atoms with Gasteiger partial charge in [0, 0.05) is 54.9 Å². The molecule has 4 heteroatoms. The van der Waals surface area contributed by atoms with E-state index in [0.717, 1.165) is 47.9 Å². The van der Waals surface area contributed by atoms with Crippen molar-refractivity contribution in [1.29, 1.82) is 0 Å². The molecule has 1 aliphatic rings. The van der Waals surface area contributed by atoms with Gasteiger partial charge in [0.05, 0.1) is 0 Å². The van der Waals surface area contributed by atoms with Crippen LogP contribution in [0.3, 0.4) is 0 Å². The Hall–Kier alpha value is -2.62. The highest BCUT2D eigenvalue weighted by Crippen LogP contribution is 2.29. The molecule has 160 valence electrons. The highest BCUT2D eigenvalue weighted by atomic mass is 35.5. The molecule has 0 radical (unpaired) electrons. The standard InChI is InChI=1S/C27H29ClN2O/c1-20-8-9-23(18-21(20)2)27(31)19-26(22-10-12-24(28)13-11-22)30-16-14-29(15-17-30)25-6-4-3-5-7-25/h3-13,18,26H,14-17,19H2,1-2H3. The van der Waals surface area contributed by atoms with Gasteiger partial charge in [-0.15, -0.1) is 0 Å². The van der Waals surface area contributed by atoms with Crippen LogP contribution >= 0.6 is 11.6 Å². The number of para-hydroxylation sites is 1. The van der Waals surface area contributed by atoms with Crippen molar-refractivity contribution in [1.82, 2.24) is 4.90 Å². The number of halogens is 1. The summed E-state index contributed by atoms with van der Waals surface area (Å²) in [7, 11) is 0. The van der Waals surface area contributed by atoms with Gasteiger partial charge in [0.1, 0.15) is 0 Å². The van der Waals surface area contributed by atoms with Gasteiger partial charge in [-0.3, -0.25) is 9.69 Å². The minimum Gasteiger partial charge on any atom is -0.369 e. The van der Waals surface area contributed by atoms with Gasteiger partial charge in [0.15, 0.2) is 5.78 Å². The van der Waals surface area contributed by atoms with E-state index in [1.807, 2.05) is 30.3 Å². The zero-order chi connectivity index (χ0) is 21.8. The van der Waals surface area contributed by atoms with Crippen molar-refractivity contribution in [3.05, 3.63) is 100 Å². The quantitative estimate of drug-likeness (QED) is 0.440. The molecule has 1 atom stereocenters. The van der Waals surface area contributed by atoms with E-state index in [2.05, 4.69) is 66.1 Å². The average Bonchev–Trinajstić information content (AvgIpc) is 2.80. The summed E-state index contributed by atoms with van der Waals surface area (Å²) in [4.78, 5) is 18.1. The van der Waals surface area contributed by atoms with Crippen molar-refractivity contribution in [2.75, 3.05) is 31.1 Å². The van der Waals surface area contributed by atoms with E-state index in [-0.39, 0.29) is 11.8 Å². The monoisotopic (exact) mass is 432 g/mol. The summed E-state index contributed by atoms with van der Waals surface area (Å²) >= 11 is 6.14. The number of Topliss-reactive ketones (excluding diaryl/α,β-unsaturated/α-hetero) is 1. The number of anilines is 1. The number of ketones is 1. The summed E-state index contributed by atoms with van der Waals surface area (Å²) in [6.45, 7) is 7.88. The summed E-state index contributed by atoms with van der Waals surface area (Å²) in [5.74, 6) is 0.188. The fourth-order valence-electron chi connectivity index (χ4n) is 4.28. The minimum absolute atomic E-state index is 0.0456. The van der Waals surface area contributed by atoms with Crippen LogP contribution in [0.4, 0.5) is 5.69 Å². The summed E-state index contributed by atoms with van der Waals surface area (Å²) < 4.78 is 0. The molecule has 31 heavy (non-hydrogen) atoms. The van der Waals surface area contributed by atoms with E-state index in [1.54, 1.807) is 0 Å². The van der Waals surface area contributed by atoms with Crippen LogP contribution in [-0.2, 0) is 0 Å². The van der Waals surface area contributed by atoms with E-state index >= 15 is 0 Å². The lowest BCUT2D eigenvalue weighted by Gasteiger charge is -2.40. The molecule has 0 aliphatic carbocycles. The van der Waals surface area contributed by atoms with Crippen LogP contribution in [-0.4, -0.2) is 36.9 Å². The number of hydrogen-bond acceptors (Lipinski definition) is 3. The summed E-state index contributed by atoms with van der Waals surface area (Å²) in [6.07, 6.45) is 0.468. The topological polar surface area (TPSA) is 23.6 Å².